The van der Waals surface area contributed by atoms with E-state index in [4.69, 9.17) is 4.74 Å². The molecule has 0 atom stereocenters. The van der Waals surface area contributed by atoms with E-state index in [1.807, 2.05) is 12.1 Å². The van der Waals surface area contributed by atoms with Crippen molar-refractivity contribution in [3.8, 4) is 0 Å². The summed E-state index contributed by atoms with van der Waals surface area (Å²) in [4.78, 5) is 24.6. The predicted molar refractivity (Wildman–Crippen MR) is 102 cm³/mol. The Kier molecular flexibility index (Phi) is 5.58. The molecule has 0 unspecified atom stereocenters. The summed E-state index contributed by atoms with van der Waals surface area (Å²) in [5, 5.41) is 2.90. The van der Waals surface area contributed by atoms with Crippen molar-refractivity contribution in [2.75, 3.05) is 31.3 Å². The van der Waals surface area contributed by atoms with Gasteiger partial charge in [0.1, 0.15) is 0 Å². The second-order valence-corrected chi connectivity index (χ2v) is 9.29. The van der Waals surface area contributed by atoms with Crippen molar-refractivity contribution in [2.24, 2.45) is 5.92 Å². The lowest BCUT2D eigenvalue weighted by atomic mass is 9.95. The summed E-state index contributed by atoms with van der Waals surface area (Å²) in [5.74, 6) is -0.473. The zero-order valence-electron chi connectivity index (χ0n) is 15.7. The Labute approximate surface area is 160 Å². The third-order valence-corrected chi connectivity index (χ3v) is 6.72. The number of ether oxygens (including phenoxy) is 1. The van der Waals surface area contributed by atoms with Gasteiger partial charge in [-0.05, 0) is 50.3 Å². The van der Waals surface area contributed by atoms with Gasteiger partial charge in [0.25, 0.3) is 0 Å². The number of rotatable bonds is 6. The lowest BCUT2D eigenvalue weighted by Gasteiger charge is -2.29. The summed E-state index contributed by atoms with van der Waals surface area (Å²) in [6.45, 7) is 2.91. The van der Waals surface area contributed by atoms with Crippen molar-refractivity contribution in [2.45, 2.75) is 38.0 Å². The first-order valence-corrected chi connectivity index (χ1v) is 11.1. The van der Waals surface area contributed by atoms with Crippen LogP contribution in [0.1, 0.15) is 38.2 Å². The number of benzene rings is 1. The summed E-state index contributed by atoms with van der Waals surface area (Å²) in [7, 11) is -3.19. The number of esters is 1. The molecule has 1 aliphatic heterocycles. The van der Waals surface area contributed by atoms with Gasteiger partial charge in [-0.15, -0.1) is 0 Å². The number of piperidine rings is 1. The molecule has 1 N–H and O–H groups in total. The Morgan fingerprint density at radius 3 is 2.26 bits per heavy atom. The Morgan fingerprint density at radius 2 is 1.78 bits per heavy atom. The maximum Gasteiger partial charge on any atom is 0.316 e. The number of sulfonamides is 1. The monoisotopic (exact) mass is 394 g/mol. The van der Waals surface area contributed by atoms with Gasteiger partial charge in [0.05, 0.1) is 18.3 Å². The topological polar surface area (TPSA) is 92.8 Å². The van der Waals surface area contributed by atoms with Crippen LogP contribution in [0, 0.1) is 5.92 Å². The first-order valence-electron chi connectivity index (χ1n) is 9.30. The second kappa shape index (κ2) is 7.59. The fraction of sp³-hybridized carbons (Fsp3) is 0.579. The summed E-state index contributed by atoms with van der Waals surface area (Å²) >= 11 is 0. The second-order valence-electron chi connectivity index (χ2n) is 7.31. The minimum atomic E-state index is -3.19. The molecule has 148 valence electrons. The van der Waals surface area contributed by atoms with Crippen LogP contribution in [0.25, 0.3) is 0 Å². The number of carbonyl (C=O) groups excluding carboxylic acids is 2. The fourth-order valence-electron chi connectivity index (χ4n) is 3.57. The molecule has 1 heterocycles. The van der Waals surface area contributed by atoms with Gasteiger partial charge in [-0.2, -0.15) is 0 Å². The molecule has 1 aliphatic carbocycles. The molecule has 1 saturated carbocycles. The summed E-state index contributed by atoms with van der Waals surface area (Å²) in [6.07, 6.45) is 3.80. The van der Waals surface area contributed by atoms with Crippen LogP contribution >= 0.6 is 0 Å². The zero-order chi connectivity index (χ0) is 19.7. The summed E-state index contributed by atoms with van der Waals surface area (Å²) < 4.78 is 29.7. The predicted octanol–water partition coefficient (Wildman–Crippen LogP) is 1.89. The molecule has 3 rings (SSSR count). The average molecular weight is 394 g/mol. The third kappa shape index (κ3) is 4.32. The van der Waals surface area contributed by atoms with Crippen LogP contribution in [0.4, 0.5) is 5.69 Å². The van der Waals surface area contributed by atoms with Crippen molar-refractivity contribution in [1.82, 2.24) is 4.31 Å². The Morgan fingerprint density at radius 1 is 1.19 bits per heavy atom. The normalized spacial score (nSPS) is 20.1. The molecule has 1 amide bonds. The van der Waals surface area contributed by atoms with E-state index in [1.165, 1.54) is 10.6 Å². The minimum absolute atomic E-state index is 0.0950. The van der Waals surface area contributed by atoms with Gasteiger partial charge in [-0.1, -0.05) is 12.1 Å². The van der Waals surface area contributed by atoms with Gasteiger partial charge in [0, 0.05) is 24.7 Å². The third-order valence-electron chi connectivity index (χ3n) is 5.41. The lowest BCUT2D eigenvalue weighted by Crippen LogP contribution is -2.40. The Bertz CT molecular complexity index is 807. The number of carbonyl (C=O) groups is 2. The highest BCUT2D eigenvalue weighted by molar-refractivity contribution is 7.88. The lowest BCUT2D eigenvalue weighted by molar-refractivity contribution is -0.146. The molecule has 0 bridgehead atoms. The van der Waals surface area contributed by atoms with Crippen molar-refractivity contribution in [1.29, 1.82) is 0 Å². The highest BCUT2D eigenvalue weighted by atomic mass is 32.2. The van der Waals surface area contributed by atoms with Crippen LogP contribution in [0.2, 0.25) is 0 Å². The summed E-state index contributed by atoms with van der Waals surface area (Å²) in [6, 6.07) is 7.34. The number of anilines is 1. The van der Waals surface area contributed by atoms with E-state index in [9.17, 15) is 18.0 Å². The SMILES string of the molecule is CCOC(=O)C1(c2ccc(NC(=O)C3CCN(S(C)(=O)=O)CC3)cc2)CC1. The minimum Gasteiger partial charge on any atom is -0.465 e. The van der Waals surface area contributed by atoms with Gasteiger partial charge in [-0.25, -0.2) is 12.7 Å². The maximum absolute atomic E-state index is 12.5. The van der Waals surface area contributed by atoms with Crippen molar-refractivity contribution < 1.29 is 22.7 Å². The van der Waals surface area contributed by atoms with Gasteiger partial charge in [-0.3, -0.25) is 9.59 Å². The molecule has 8 heteroatoms. The van der Waals surface area contributed by atoms with Crippen LogP contribution in [-0.2, 0) is 29.8 Å². The molecule has 1 aromatic carbocycles. The highest BCUT2D eigenvalue weighted by Gasteiger charge is 2.52. The van der Waals surface area contributed by atoms with E-state index >= 15 is 0 Å². The average Bonchev–Trinajstić information content (AvgIpc) is 3.44. The molecule has 27 heavy (non-hydrogen) atoms. The smallest absolute Gasteiger partial charge is 0.316 e. The number of hydrogen-bond acceptors (Lipinski definition) is 5. The van der Waals surface area contributed by atoms with Gasteiger partial charge in [0.2, 0.25) is 15.9 Å². The maximum atomic E-state index is 12.5. The summed E-state index contributed by atoms with van der Waals surface area (Å²) in [5.41, 5.74) is 1.08. The Balaban J connectivity index is 1.58. The van der Waals surface area contributed by atoms with Crippen molar-refractivity contribution >= 4 is 27.6 Å². The van der Waals surface area contributed by atoms with E-state index in [-0.39, 0.29) is 17.8 Å². The molecule has 1 aromatic rings. The van der Waals surface area contributed by atoms with E-state index in [2.05, 4.69) is 5.32 Å². The van der Waals surface area contributed by atoms with Crippen molar-refractivity contribution in [3.05, 3.63) is 29.8 Å². The molecular weight excluding hydrogens is 368 g/mol. The number of nitrogens with zero attached hydrogens (tertiary/aromatic N) is 1. The molecular formula is C19H26N2O5S. The largest absolute Gasteiger partial charge is 0.465 e. The fourth-order valence-corrected chi connectivity index (χ4v) is 4.45. The number of nitrogens with one attached hydrogen (secondary N) is 1. The van der Waals surface area contributed by atoms with Crippen LogP contribution in [0.15, 0.2) is 24.3 Å². The number of hydrogen-bond donors (Lipinski definition) is 1. The van der Waals surface area contributed by atoms with Crippen molar-refractivity contribution in [3.63, 3.8) is 0 Å². The molecule has 2 aliphatic rings. The highest BCUT2D eigenvalue weighted by Crippen LogP contribution is 2.49. The molecule has 1 saturated heterocycles. The van der Waals surface area contributed by atoms with E-state index in [1.54, 1.807) is 19.1 Å². The molecule has 7 nitrogen and oxygen atoms in total. The molecule has 0 aromatic heterocycles. The zero-order valence-corrected chi connectivity index (χ0v) is 16.5. The molecule has 0 radical (unpaired) electrons. The van der Waals surface area contributed by atoms with Crippen LogP contribution in [0.5, 0.6) is 0 Å². The van der Waals surface area contributed by atoms with E-state index in [0.717, 1.165) is 18.4 Å². The van der Waals surface area contributed by atoms with Crippen LogP contribution in [0.3, 0.4) is 0 Å². The van der Waals surface area contributed by atoms with Gasteiger partial charge in [0.15, 0.2) is 0 Å². The number of amides is 1. The van der Waals surface area contributed by atoms with E-state index < -0.39 is 15.4 Å². The first kappa shape index (κ1) is 19.8. The standard InChI is InChI=1S/C19H26N2O5S/c1-3-26-18(23)19(10-11-19)15-4-6-16(7-5-15)20-17(22)14-8-12-21(13-9-14)27(2,24)25/h4-7,14H,3,8-13H2,1-2H3,(H,20,22). The van der Waals surface area contributed by atoms with Gasteiger partial charge < -0.3 is 10.1 Å². The van der Waals surface area contributed by atoms with E-state index in [0.29, 0.717) is 38.2 Å². The molecule has 0 spiro atoms. The first-order chi connectivity index (χ1) is 12.8. The van der Waals surface area contributed by atoms with Crippen LogP contribution in [-0.4, -0.2) is 50.6 Å². The molecule has 2 fully saturated rings. The quantitative estimate of drug-likeness (QED) is 0.744. The van der Waals surface area contributed by atoms with Crippen LogP contribution < -0.4 is 5.32 Å². The van der Waals surface area contributed by atoms with Gasteiger partial charge >= 0.3 is 5.97 Å². The Hall–Kier alpha value is -1.93.